The van der Waals surface area contributed by atoms with Gasteiger partial charge in [0.2, 0.25) is 0 Å². The van der Waals surface area contributed by atoms with Crippen LogP contribution in [-0.4, -0.2) is 25.4 Å². The normalized spacial score (nSPS) is 15.2. The van der Waals surface area contributed by atoms with E-state index in [-0.39, 0.29) is 22.3 Å². The van der Waals surface area contributed by atoms with Crippen molar-refractivity contribution in [2.75, 3.05) is 9.62 Å². The SMILES string of the molecule is C[C@@H]1Cc2ccccc2N1S(=O)(=O)c1cccc(C(=O)Nc2nc(-c3ccc(F)cc3)cs2)c1. The Morgan fingerprint density at radius 3 is 2.65 bits per heavy atom. The molecule has 0 bridgehead atoms. The van der Waals surface area contributed by atoms with E-state index in [1.54, 1.807) is 35.7 Å². The van der Waals surface area contributed by atoms with Gasteiger partial charge in [-0.3, -0.25) is 14.4 Å². The average molecular weight is 494 g/mol. The van der Waals surface area contributed by atoms with Crippen molar-refractivity contribution < 1.29 is 17.6 Å². The first-order chi connectivity index (χ1) is 16.3. The fourth-order valence-electron chi connectivity index (χ4n) is 4.07. The number of amides is 1. The molecule has 34 heavy (non-hydrogen) atoms. The van der Waals surface area contributed by atoms with E-state index in [1.807, 2.05) is 25.1 Å². The van der Waals surface area contributed by atoms with Crippen LogP contribution in [0.3, 0.4) is 0 Å². The fourth-order valence-corrected chi connectivity index (χ4v) is 6.52. The van der Waals surface area contributed by atoms with Gasteiger partial charge >= 0.3 is 0 Å². The van der Waals surface area contributed by atoms with E-state index >= 15 is 0 Å². The van der Waals surface area contributed by atoms with Crippen molar-refractivity contribution >= 4 is 38.1 Å². The highest BCUT2D eigenvalue weighted by atomic mass is 32.2. The maximum Gasteiger partial charge on any atom is 0.264 e. The minimum Gasteiger partial charge on any atom is -0.298 e. The van der Waals surface area contributed by atoms with Crippen molar-refractivity contribution in [3.63, 3.8) is 0 Å². The molecule has 9 heteroatoms. The van der Waals surface area contributed by atoms with Gasteiger partial charge in [0.15, 0.2) is 5.13 Å². The highest BCUT2D eigenvalue weighted by Gasteiger charge is 2.36. The Kier molecular flexibility index (Phi) is 5.66. The van der Waals surface area contributed by atoms with Crippen molar-refractivity contribution in [1.29, 1.82) is 0 Å². The van der Waals surface area contributed by atoms with Crippen LogP contribution >= 0.6 is 11.3 Å². The smallest absolute Gasteiger partial charge is 0.264 e. The van der Waals surface area contributed by atoms with Gasteiger partial charge < -0.3 is 0 Å². The molecule has 1 aliphatic heterocycles. The predicted molar refractivity (Wildman–Crippen MR) is 131 cm³/mol. The van der Waals surface area contributed by atoms with Gasteiger partial charge in [0.25, 0.3) is 15.9 Å². The summed E-state index contributed by atoms with van der Waals surface area (Å²) in [6.45, 7) is 1.87. The van der Waals surface area contributed by atoms with Crippen molar-refractivity contribution in [3.8, 4) is 11.3 Å². The number of halogens is 1. The van der Waals surface area contributed by atoms with Crippen LogP contribution in [0.5, 0.6) is 0 Å². The molecule has 3 aromatic carbocycles. The molecule has 0 saturated heterocycles. The average Bonchev–Trinajstić information content (AvgIpc) is 3.43. The van der Waals surface area contributed by atoms with Crippen LogP contribution in [0.15, 0.2) is 83.1 Å². The maximum absolute atomic E-state index is 13.5. The summed E-state index contributed by atoms with van der Waals surface area (Å²) in [6.07, 6.45) is 0.635. The van der Waals surface area contributed by atoms with E-state index in [0.29, 0.717) is 22.9 Å². The molecule has 0 radical (unpaired) electrons. The minimum atomic E-state index is -3.86. The molecule has 1 aromatic heterocycles. The maximum atomic E-state index is 13.5. The fraction of sp³-hybridized carbons (Fsp3) is 0.120. The Labute approximate surface area is 200 Å². The first-order valence-corrected chi connectivity index (χ1v) is 12.9. The number of hydrogen-bond donors (Lipinski definition) is 1. The summed E-state index contributed by atoms with van der Waals surface area (Å²) >= 11 is 1.23. The standard InChI is InChI=1S/C25H20FN3O3S2/c1-16-13-18-5-2-3-8-23(18)29(16)34(31,32)21-7-4-6-19(14-21)24(30)28-25-27-22(15-33-25)17-9-11-20(26)12-10-17/h2-12,14-16H,13H2,1H3,(H,27,28,30)/t16-/m1/s1. The lowest BCUT2D eigenvalue weighted by atomic mass is 10.1. The van der Waals surface area contributed by atoms with Gasteiger partial charge in [-0.15, -0.1) is 11.3 Å². The summed E-state index contributed by atoms with van der Waals surface area (Å²) in [5, 5.41) is 4.84. The number of nitrogens with zero attached hydrogens (tertiary/aromatic N) is 2. The van der Waals surface area contributed by atoms with Gasteiger partial charge in [-0.1, -0.05) is 24.3 Å². The second-order valence-corrected chi connectivity index (χ2v) is 10.7. The number of rotatable bonds is 5. The summed E-state index contributed by atoms with van der Waals surface area (Å²) in [4.78, 5) is 17.3. The van der Waals surface area contributed by atoms with Gasteiger partial charge in [-0.05, 0) is 67.4 Å². The molecule has 1 amide bonds. The van der Waals surface area contributed by atoms with E-state index in [9.17, 15) is 17.6 Å². The molecule has 0 saturated carbocycles. The Bertz CT molecular complexity index is 1480. The number of nitrogens with one attached hydrogen (secondary N) is 1. The van der Waals surface area contributed by atoms with Gasteiger partial charge in [-0.25, -0.2) is 17.8 Å². The van der Waals surface area contributed by atoms with Crippen LogP contribution in [0.4, 0.5) is 15.2 Å². The zero-order chi connectivity index (χ0) is 23.9. The van der Waals surface area contributed by atoms with Gasteiger partial charge in [-0.2, -0.15) is 0 Å². The topological polar surface area (TPSA) is 79.4 Å². The van der Waals surface area contributed by atoms with Crippen molar-refractivity contribution in [2.45, 2.75) is 24.3 Å². The zero-order valence-electron chi connectivity index (χ0n) is 18.1. The Hall–Kier alpha value is -3.56. The molecule has 4 aromatic rings. The monoisotopic (exact) mass is 493 g/mol. The summed E-state index contributed by atoms with van der Waals surface area (Å²) in [5.74, 6) is -0.805. The molecule has 0 spiro atoms. The third-order valence-electron chi connectivity index (χ3n) is 5.66. The summed E-state index contributed by atoms with van der Waals surface area (Å²) in [5.41, 5.74) is 3.19. The number of sulfonamides is 1. The van der Waals surface area contributed by atoms with Crippen molar-refractivity contribution in [1.82, 2.24) is 4.98 Å². The second-order valence-electron chi connectivity index (χ2n) is 8.01. The van der Waals surface area contributed by atoms with Crippen LogP contribution in [-0.2, 0) is 16.4 Å². The van der Waals surface area contributed by atoms with Crippen LogP contribution in [0.25, 0.3) is 11.3 Å². The Morgan fingerprint density at radius 1 is 1.09 bits per heavy atom. The van der Waals surface area contributed by atoms with Crippen LogP contribution < -0.4 is 9.62 Å². The van der Waals surface area contributed by atoms with Crippen LogP contribution in [0.1, 0.15) is 22.8 Å². The molecule has 6 nitrogen and oxygen atoms in total. The van der Waals surface area contributed by atoms with Crippen LogP contribution in [0.2, 0.25) is 0 Å². The quantitative estimate of drug-likeness (QED) is 0.407. The molecule has 172 valence electrons. The van der Waals surface area contributed by atoms with Gasteiger partial charge in [0.05, 0.1) is 16.3 Å². The number of hydrogen-bond acceptors (Lipinski definition) is 5. The molecule has 2 heterocycles. The molecular weight excluding hydrogens is 473 g/mol. The van der Waals surface area contributed by atoms with Gasteiger partial charge in [0.1, 0.15) is 5.82 Å². The largest absolute Gasteiger partial charge is 0.298 e. The summed E-state index contributed by atoms with van der Waals surface area (Å²) in [6, 6.07) is 19.1. The first-order valence-electron chi connectivity index (χ1n) is 10.6. The molecular formula is C25H20FN3O3S2. The number of carbonyl (C=O) groups excluding carboxylic acids is 1. The highest BCUT2D eigenvalue weighted by Crippen LogP contribution is 2.36. The number of benzene rings is 3. The lowest BCUT2D eigenvalue weighted by Gasteiger charge is -2.24. The molecule has 0 fully saturated rings. The van der Waals surface area contributed by atoms with E-state index in [2.05, 4.69) is 10.3 Å². The van der Waals surface area contributed by atoms with E-state index < -0.39 is 15.9 Å². The minimum absolute atomic E-state index is 0.0508. The van der Waals surface area contributed by atoms with Crippen LogP contribution in [0, 0.1) is 5.82 Å². The second kappa shape index (κ2) is 8.66. The lowest BCUT2D eigenvalue weighted by Crippen LogP contribution is -2.35. The number of thiazole rings is 1. The molecule has 5 rings (SSSR count). The van der Waals surface area contributed by atoms with Crippen molar-refractivity contribution in [2.24, 2.45) is 0 Å². The first kappa shape index (κ1) is 22.2. The van der Waals surface area contributed by atoms with E-state index in [0.717, 1.165) is 11.1 Å². The zero-order valence-corrected chi connectivity index (χ0v) is 19.7. The molecule has 1 aliphatic rings. The Balaban J connectivity index is 1.38. The molecule has 0 aliphatic carbocycles. The summed E-state index contributed by atoms with van der Waals surface area (Å²) in [7, 11) is -3.86. The summed E-state index contributed by atoms with van der Waals surface area (Å²) < 4.78 is 41.5. The lowest BCUT2D eigenvalue weighted by molar-refractivity contribution is 0.102. The van der Waals surface area contributed by atoms with Gasteiger partial charge in [0, 0.05) is 22.5 Å². The van der Waals surface area contributed by atoms with E-state index in [4.69, 9.17) is 0 Å². The number of para-hydroxylation sites is 1. The third kappa shape index (κ3) is 4.08. The highest BCUT2D eigenvalue weighted by molar-refractivity contribution is 7.92. The van der Waals surface area contributed by atoms with E-state index in [1.165, 1.54) is 39.9 Å². The number of aromatic nitrogens is 1. The van der Waals surface area contributed by atoms with Crippen molar-refractivity contribution in [3.05, 3.63) is 95.1 Å². The number of carbonyl (C=O) groups is 1. The molecule has 1 N–H and O–H groups in total. The molecule has 1 atom stereocenters. The Morgan fingerprint density at radius 2 is 1.85 bits per heavy atom. The number of fused-ring (bicyclic) bond motifs is 1. The third-order valence-corrected chi connectivity index (χ3v) is 8.34. The predicted octanol–water partition coefficient (Wildman–Crippen LogP) is 5.34. The number of anilines is 2. The molecule has 0 unspecified atom stereocenters.